The van der Waals surface area contributed by atoms with E-state index in [-0.39, 0.29) is 6.41 Å². The van der Waals surface area contributed by atoms with Crippen molar-refractivity contribution in [3.05, 3.63) is 0 Å². The summed E-state index contributed by atoms with van der Waals surface area (Å²) in [5.74, 6) is 0. The molecule has 1 rings (SSSR count). The molecule has 0 atom stereocenters. The molecule has 0 aromatic carbocycles. The zero-order valence-electron chi connectivity index (χ0n) is 8.08. The largest absolute Gasteiger partial charge is 0.343 e. The van der Waals surface area contributed by atoms with Crippen LogP contribution in [0.2, 0.25) is 0 Å². The molecule has 12 heavy (non-hydrogen) atoms. The highest BCUT2D eigenvalue weighted by atomic mass is 16.7. The van der Waals surface area contributed by atoms with Gasteiger partial charge in [0.1, 0.15) is 0 Å². The minimum absolute atomic E-state index is 0.136. The first-order valence-electron chi connectivity index (χ1n) is 4.68. The minimum Gasteiger partial charge on any atom is -0.343 e. The number of likely N-dealkylation sites (tertiary alicyclic amines) is 1. The maximum Gasteiger partial charge on any atom is 0.218 e. The fourth-order valence-corrected chi connectivity index (χ4v) is 1.70. The van der Waals surface area contributed by atoms with Crippen molar-refractivity contribution in [1.82, 2.24) is 4.90 Å². The molecular formula is C9H19NO2. The van der Waals surface area contributed by atoms with Crippen LogP contribution >= 0.6 is 0 Å². The Morgan fingerprint density at radius 2 is 1.42 bits per heavy atom. The molecule has 1 fully saturated rings. The third kappa shape index (κ3) is 2.73. The normalized spacial score (nSPS) is 21.2. The molecule has 0 N–H and O–H groups in total. The first-order valence-corrected chi connectivity index (χ1v) is 4.68. The lowest BCUT2D eigenvalue weighted by atomic mass is 10.2. The van der Waals surface area contributed by atoms with Gasteiger partial charge in [-0.2, -0.15) is 0 Å². The lowest BCUT2D eigenvalue weighted by Crippen LogP contribution is -2.38. The van der Waals surface area contributed by atoms with E-state index in [1.807, 2.05) is 0 Å². The van der Waals surface area contributed by atoms with Crippen LogP contribution in [0, 0.1) is 0 Å². The Balaban J connectivity index is 2.35. The van der Waals surface area contributed by atoms with Crippen LogP contribution in [0.15, 0.2) is 0 Å². The third-order valence-corrected chi connectivity index (χ3v) is 2.34. The molecule has 1 aliphatic heterocycles. The van der Waals surface area contributed by atoms with Crippen LogP contribution in [0.4, 0.5) is 0 Å². The number of ether oxygens (including phenoxy) is 2. The Morgan fingerprint density at radius 1 is 0.917 bits per heavy atom. The van der Waals surface area contributed by atoms with Gasteiger partial charge in [-0.05, 0) is 12.8 Å². The average molecular weight is 173 g/mol. The number of nitrogens with zero attached hydrogens (tertiary/aromatic N) is 1. The summed E-state index contributed by atoms with van der Waals surface area (Å²) in [7, 11) is 3.39. The summed E-state index contributed by atoms with van der Waals surface area (Å²) in [5.41, 5.74) is 0. The highest BCUT2D eigenvalue weighted by Gasteiger charge is 2.17. The van der Waals surface area contributed by atoms with Gasteiger partial charge in [-0.3, -0.25) is 4.90 Å². The molecule has 0 spiro atoms. The van der Waals surface area contributed by atoms with Crippen molar-refractivity contribution in [1.29, 1.82) is 0 Å². The van der Waals surface area contributed by atoms with Crippen molar-refractivity contribution in [2.75, 3.05) is 27.3 Å². The average Bonchev–Trinajstić information content (AvgIpc) is 2.35. The van der Waals surface area contributed by atoms with Crippen LogP contribution in [-0.2, 0) is 9.47 Å². The highest BCUT2D eigenvalue weighted by molar-refractivity contribution is 4.62. The van der Waals surface area contributed by atoms with Gasteiger partial charge in [0.05, 0.1) is 0 Å². The summed E-state index contributed by atoms with van der Waals surface area (Å²) in [6.07, 6.45) is 5.09. The van der Waals surface area contributed by atoms with Gasteiger partial charge in [-0.1, -0.05) is 12.8 Å². The van der Waals surface area contributed by atoms with E-state index in [9.17, 15) is 0 Å². The number of hydrogen-bond donors (Lipinski definition) is 0. The van der Waals surface area contributed by atoms with E-state index in [1.165, 1.54) is 25.7 Å². The van der Waals surface area contributed by atoms with E-state index in [2.05, 4.69) is 4.90 Å². The maximum atomic E-state index is 5.20. The van der Waals surface area contributed by atoms with E-state index in [4.69, 9.17) is 9.47 Å². The second kappa shape index (κ2) is 5.51. The van der Waals surface area contributed by atoms with E-state index < -0.39 is 0 Å². The lowest BCUT2D eigenvalue weighted by molar-refractivity contribution is -0.195. The second-order valence-electron chi connectivity index (χ2n) is 3.23. The molecule has 1 aliphatic rings. The fraction of sp³-hybridized carbons (Fsp3) is 1.00. The van der Waals surface area contributed by atoms with Crippen molar-refractivity contribution in [3.8, 4) is 0 Å². The fourth-order valence-electron chi connectivity index (χ4n) is 1.70. The Labute approximate surface area is 74.6 Å². The van der Waals surface area contributed by atoms with Gasteiger partial charge in [0, 0.05) is 27.3 Å². The minimum atomic E-state index is -0.136. The summed E-state index contributed by atoms with van der Waals surface area (Å²) in [4.78, 5) is 2.26. The Morgan fingerprint density at radius 3 is 1.83 bits per heavy atom. The van der Waals surface area contributed by atoms with Crippen LogP contribution in [0.3, 0.4) is 0 Å². The van der Waals surface area contributed by atoms with Crippen LogP contribution in [0.5, 0.6) is 0 Å². The molecule has 1 saturated heterocycles. The van der Waals surface area contributed by atoms with Gasteiger partial charge in [0.2, 0.25) is 6.41 Å². The number of methoxy groups -OCH3 is 2. The van der Waals surface area contributed by atoms with Crippen LogP contribution < -0.4 is 0 Å². The lowest BCUT2D eigenvalue weighted by Gasteiger charge is -2.27. The molecule has 0 aliphatic carbocycles. The number of hydrogen-bond acceptors (Lipinski definition) is 3. The van der Waals surface area contributed by atoms with Crippen LogP contribution in [0.1, 0.15) is 25.7 Å². The molecular weight excluding hydrogens is 154 g/mol. The van der Waals surface area contributed by atoms with Gasteiger partial charge in [-0.15, -0.1) is 0 Å². The Hall–Kier alpha value is -0.120. The quantitative estimate of drug-likeness (QED) is 0.603. The smallest absolute Gasteiger partial charge is 0.218 e. The summed E-state index contributed by atoms with van der Waals surface area (Å²) in [6.45, 7) is 2.21. The van der Waals surface area contributed by atoms with E-state index in [0.717, 1.165) is 13.1 Å². The molecule has 0 aromatic heterocycles. The second-order valence-corrected chi connectivity index (χ2v) is 3.23. The van der Waals surface area contributed by atoms with Crippen molar-refractivity contribution in [2.24, 2.45) is 0 Å². The SMILES string of the molecule is COC(OC)N1CCCCCC1. The summed E-state index contributed by atoms with van der Waals surface area (Å²) >= 11 is 0. The van der Waals surface area contributed by atoms with Gasteiger partial charge >= 0.3 is 0 Å². The van der Waals surface area contributed by atoms with Crippen LogP contribution in [0.25, 0.3) is 0 Å². The number of rotatable bonds is 3. The van der Waals surface area contributed by atoms with E-state index in [0.29, 0.717) is 0 Å². The Kier molecular flexibility index (Phi) is 4.58. The predicted molar refractivity (Wildman–Crippen MR) is 47.8 cm³/mol. The molecule has 3 heteroatoms. The van der Waals surface area contributed by atoms with E-state index in [1.54, 1.807) is 14.2 Å². The topological polar surface area (TPSA) is 21.7 Å². The van der Waals surface area contributed by atoms with Crippen LogP contribution in [-0.4, -0.2) is 38.6 Å². The standard InChI is InChI=1S/C9H19NO2/c1-11-9(12-2)10-7-5-3-4-6-8-10/h9H,3-8H2,1-2H3. The molecule has 0 radical (unpaired) electrons. The highest BCUT2D eigenvalue weighted by Crippen LogP contribution is 2.12. The maximum absolute atomic E-state index is 5.20. The molecule has 3 nitrogen and oxygen atoms in total. The first kappa shape index (κ1) is 9.96. The predicted octanol–water partition coefficient (Wildman–Crippen LogP) is 1.44. The molecule has 72 valence electrons. The van der Waals surface area contributed by atoms with Crippen molar-refractivity contribution in [2.45, 2.75) is 32.1 Å². The van der Waals surface area contributed by atoms with Gasteiger partial charge in [-0.25, -0.2) is 0 Å². The molecule has 0 aromatic rings. The summed E-state index contributed by atoms with van der Waals surface area (Å²) < 4.78 is 10.4. The molecule has 0 amide bonds. The zero-order chi connectivity index (χ0) is 8.81. The molecule has 0 bridgehead atoms. The Bertz CT molecular complexity index is 107. The van der Waals surface area contributed by atoms with Crippen molar-refractivity contribution in [3.63, 3.8) is 0 Å². The third-order valence-electron chi connectivity index (χ3n) is 2.34. The molecule has 0 saturated carbocycles. The van der Waals surface area contributed by atoms with Gasteiger partial charge < -0.3 is 9.47 Å². The summed E-state index contributed by atoms with van der Waals surface area (Å²) in [5, 5.41) is 0. The van der Waals surface area contributed by atoms with Gasteiger partial charge in [0.25, 0.3) is 0 Å². The van der Waals surface area contributed by atoms with Crippen molar-refractivity contribution < 1.29 is 9.47 Å². The van der Waals surface area contributed by atoms with Crippen molar-refractivity contribution >= 4 is 0 Å². The first-order chi connectivity index (χ1) is 5.88. The zero-order valence-corrected chi connectivity index (χ0v) is 8.08. The monoisotopic (exact) mass is 173 g/mol. The van der Waals surface area contributed by atoms with E-state index >= 15 is 0 Å². The van der Waals surface area contributed by atoms with Gasteiger partial charge in [0.15, 0.2) is 0 Å². The summed E-state index contributed by atoms with van der Waals surface area (Å²) in [6, 6.07) is 0. The molecule has 0 unspecified atom stereocenters. The molecule has 1 heterocycles.